The fraction of sp³-hybridized carbons (Fsp3) is 0.778. The highest BCUT2D eigenvalue weighted by Gasteiger charge is 2.24. The molecule has 1 aromatic carbocycles. The predicted octanol–water partition coefficient (Wildman–Crippen LogP) is 8.28. The molecule has 190 valence electrons. The fourth-order valence-corrected chi connectivity index (χ4v) is 5.80. The first-order chi connectivity index (χ1) is 15.8. The normalized spacial score (nSPS) is 19.1. The van der Waals surface area contributed by atoms with E-state index in [1.807, 2.05) is 13.0 Å². The van der Waals surface area contributed by atoms with Gasteiger partial charge in [-0.05, 0) is 74.5 Å². The molecule has 0 spiro atoms. The van der Waals surface area contributed by atoms with Gasteiger partial charge in [0, 0.05) is 12.2 Å². The van der Waals surface area contributed by atoms with E-state index in [1.165, 1.54) is 44.9 Å². The molecule has 0 saturated heterocycles. The molecule has 1 aliphatic carbocycles. The average Bonchev–Trinajstić information content (AvgIpc) is 2.76. The number of rotatable bonds is 16. The van der Waals surface area contributed by atoms with Gasteiger partial charge in [-0.3, -0.25) is 4.57 Å². The summed E-state index contributed by atoms with van der Waals surface area (Å²) in [6.07, 6.45) is 16.5. The lowest BCUT2D eigenvalue weighted by molar-refractivity contribution is 0.296. The maximum atomic E-state index is 14.8. The largest absolute Gasteiger partial charge is 0.493 e. The summed E-state index contributed by atoms with van der Waals surface area (Å²) in [6, 6.07) is 3.63. The molecule has 1 aromatic rings. The number of benzene rings is 1. The Hall–Kier alpha value is -0.900. The summed E-state index contributed by atoms with van der Waals surface area (Å²) in [7, 11) is -3.82. The Morgan fingerprint density at radius 3 is 2.09 bits per heavy atom. The smallest absolute Gasteiger partial charge is 0.325 e. The number of hydrogen-bond acceptors (Lipinski definition) is 2. The quantitative estimate of drug-likeness (QED) is 0.183. The summed E-state index contributed by atoms with van der Waals surface area (Å²) < 4.78 is 31.5. The molecule has 0 aliphatic heterocycles. The fourth-order valence-electron chi connectivity index (χ4n) is 5.16. The maximum absolute atomic E-state index is 14.8. The van der Waals surface area contributed by atoms with Gasteiger partial charge >= 0.3 is 7.60 Å². The molecule has 1 saturated carbocycles. The van der Waals surface area contributed by atoms with Crippen LogP contribution in [0.5, 0.6) is 5.75 Å². The molecule has 0 radical (unpaired) electrons. The highest BCUT2D eigenvalue weighted by atomic mass is 31.2. The van der Waals surface area contributed by atoms with E-state index in [9.17, 15) is 8.96 Å². The minimum Gasteiger partial charge on any atom is -0.493 e. The Bertz CT molecular complexity index is 725. The van der Waals surface area contributed by atoms with E-state index in [0.717, 1.165) is 62.0 Å². The van der Waals surface area contributed by atoms with Crippen LogP contribution >= 0.6 is 7.60 Å². The Labute approximate surface area is 200 Å². The van der Waals surface area contributed by atoms with Crippen LogP contribution in [-0.4, -0.2) is 22.6 Å². The summed E-state index contributed by atoms with van der Waals surface area (Å²) in [4.78, 5) is 17.7. The predicted molar refractivity (Wildman–Crippen MR) is 135 cm³/mol. The van der Waals surface area contributed by atoms with Crippen molar-refractivity contribution in [2.24, 2.45) is 5.92 Å². The van der Waals surface area contributed by atoms with Crippen molar-refractivity contribution >= 4 is 7.60 Å². The first-order valence-electron chi connectivity index (χ1n) is 13.3. The zero-order chi connectivity index (χ0) is 24.1. The number of ether oxygens (including phenoxy) is 1. The molecule has 0 aromatic heterocycles. The van der Waals surface area contributed by atoms with E-state index in [4.69, 9.17) is 14.5 Å². The van der Waals surface area contributed by atoms with Crippen molar-refractivity contribution in [3.63, 3.8) is 0 Å². The Morgan fingerprint density at radius 2 is 1.52 bits per heavy atom. The Balaban J connectivity index is 1.57. The van der Waals surface area contributed by atoms with Crippen LogP contribution in [0.3, 0.4) is 0 Å². The molecule has 2 rings (SSSR count). The first-order valence-corrected chi connectivity index (χ1v) is 15.1. The van der Waals surface area contributed by atoms with Crippen molar-refractivity contribution in [3.05, 3.63) is 29.1 Å². The molecular weight excluding hydrogens is 438 g/mol. The number of unbranched alkanes of at least 4 members (excludes halogenated alkanes) is 8. The van der Waals surface area contributed by atoms with Crippen LogP contribution in [0, 0.1) is 18.7 Å². The van der Waals surface area contributed by atoms with E-state index in [-0.39, 0.29) is 12.0 Å². The second-order valence-corrected chi connectivity index (χ2v) is 11.8. The standard InChI is InChI=1S/C27H46FO4P/c1-3-13-23-14-16-24(17-15-23)25-20-22(2)27(21-26(25)28)32-18-11-9-7-5-4-6-8-10-12-19-33(29,30)31/h20-21,23-24H,3-19H2,1-2H3,(H2,29,30,31). The molecule has 0 bridgehead atoms. The third-order valence-electron chi connectivity index (χ3n) is 7.13. The van der Waals surface area contributed by atoms with E-state index in [0.29, 0.717) is 24.7 Å². The summed E-state index contributed by atoms with van der Waals surface area (Å²) in [5, 5.41) is 0. The van der Waals surface area contributed by atoms with E-state index < -0.39 is 7.60 Å². The molecule has 6 heteroatoms. The third-order valence-corrected chi connectivity index (χ3v) is 8.03. The highest BCUT2D eigenvalue weighted by Crippen LogP contribution is 2.40. The summed E-state index contributed by atoms with van der Waals surface area (Å²) in [5.41, 5.74) is 1.93. The molecular formula is C27H46FO4P. The average molecular weight is 485 g/mol. The molecule has 0 atom stereocenters. The second kappa shape index (κ2) is 15.2. The minimum atomic E-state index is -3.82. The topological polar surface area (TPSA) is 66.8 Å². The van der Waals surface area contributed by atoms with Crippen LogP contribution in [0.2, 0.25) is 0 Å². The van der Waals surface area contributed by atoms with Crippen molar-refractivity contribution in [2.45, 2.75) is 116 Å². The van der Waals surface area contributed by atoms with E-state index in [1.54, 1.807) is 6.07 Å². The van der Waals surface area contributed by atoms with Crippen LogP contribution in [0.15, 0.2) is 12.1 Å². The van der Waals surface area contributed by atoms with E-state index in [2.05, 4.69) is 6.92 Å². The molecule has 0 amide bonds. The minimum absolute atomic E-state index is 0.0130. The third kappa shape index (κ3) is 11.4. The van der Waals surface area contributed by atoms with Crippen molar-refractivity contribution in [1.82, 2.24) is 0 Å². The highest BCUT2D eigenvalue weighted by molar-refractivity contribution is 7.51. The first kappa shape index (κ1) is 28.3. The van der Waals surface area contributed by atoms with Crippen LogP contribution < -0.4 is 4.74 Å². The summed E-state index contributed by atoms with van der Waals surface area (Å²) in [5.74, 6) is 1.78. The zero-order valence-corrected chi connectivity index (χ0v) is 21.8. The lowest BCUT2D eigenvalue weighted by Gasteiger charge is -2.29. The summed E-state index contributed by atoms with van der Waals surface area (Å²) in [6.45, 7) is 4.91. The van der Waals surface area contributed by atoms with Gasteiger partial charge in [0.15, 0.2) is 0 Å². The molecule has 33 heavy (non-hydrogen) atoms. The molecule has 0 unspecified atom stereocenters. The van der Waals surface area contributed by atoms with Crippen LogP contribution in [0.25, 0.3) is 0 Å². The van der Waals surface area contributed by atoms with Gasteiger partial charge in [-0.2, -0.15) is 0 Å². The van der Waals surface area contributed by atoms with Gasteiger partial charge < -0.3 is 14.5 Å². The molecule has 0 heterocycles. The SMILES string of the molecule is CCCC1CCC(c2cc(C)c(OCCCCCCCCCCCP(=O)(O)O)cc2F)CC1. The molecule has 4 nitrogen and oxygen atoms in total. The van der Waals surface area contributed by atoms with Gasteiger partial charge in [-0.25, -0.2) is 4.39 Å². The van der Waals surface area contributed by atoms with Crippen LogP contribution in [0.1, 0.15) is 120 Å². The lowest BCUT2D eigenvalue weighted by Crippen LogP contribution is -2.14. The van der Waals surface area contributed by atoms with E-state index >= 15 is 0 Å². The Kier molecular flexibility index (Phi) is 13.0. The van der Waals surface area contributed by atoms with Crippen molar-refractivity contribution in [2.75, 3.05) is 12.8 Å². The zero-order valence-electron chi connectivity index (χ0n) is 20.9. The maximum Gasteiger partial charge on any atom is 0.325 e. The van der Waals surface area contributed by atoms with Crippen molar-refractivity contribution in [1.29, 1.82) is 0 Å². The van der Waals surface area contributed by atoms with Gasteiger partial charge in [0.1, 0.15) is 11.6 Å². The van der Waals surface area contributed by atoms with Gasteiger partial charge in [-0.15, -0.1) is 0 Å². The summed E-state index contributed by atoms with van der Waals surface area (Å²) >= 11 is 0. The molecule has 1 fully saturated rings. The van der Waals surface area contributed by atoms with Gasteiger partial charge in [0.25, 0.3) is 0 Å². The molecule has 2 N–H and O–H groups in total. The Morgan fingerprint density at radius 1 is 0.939 bits per heavy atom. The van der Waals surface area contributed by atoms with Crippen LogP contribution in [-0.2, 0) is 4.57 Å². The van der Waals surface area contributed by atoms with Crippen LogP contribution in [0.4, 0.5) is 4.39 Å². The number of aryl methyl sites for hydroxylation is 1. The van der Waals surface area contributed by atoms with Gasteiger partial charge in [0.2, 0.25) is 0 Å². The second-order valence-electron chi connectivity index (χ2n) is 10.1. The number of halogens is 1. The molecule has 1 aliphatic rings. The lowest BCUT2D eigenvalue weighted by atomic mass is 9.77. The monoisotopic (exact) mass is 484 g/mol. The van der Waals surface area contributed by atoms with Crippen molar-refractivity contribution in [3.8, 4) is 5.75 Å². The number of hydrogen-bond donors (Lipinski definition) is 2. The van der Waals surface area contributed by atoms with Gasteiger partial charge in [-0.1, -0.05) is 64.7 Å². The van der Waals surface area contributed by atoms with Crippen molar-refractivity contribution < 1.29 is 23.5 Å². The van der Waals surface area contributed by atoms with Gasteiger partial charge in [0.05, 0.1) is 6.61 Å².